The minimum atomic E-state index is -1.77. The van der Waals surface area contributed by atoms with E-state index in [4.69, 9.17) is 47.4 Å². The van der Waals surface area contributed by atoms with Gasteiger partial charge in [-0.3, -0.25) is 9.59 Å². The number of carbonyl (C=O) groups excluding carboxylic acids is 2. The SMILES string of the molecule is CC(O)CCCCCCCCCC(CCCCCCCCCCCCCC1CC(=O)OC[C@H]2O[C@@H](OC(CCCCCCCCCCCC(CCCCCCCC(C)O)O[C@@H]3O[C@H](CO)[C@@H](O)[C@H](O)[C@H]3O)CC(=O)OC[C@H]3O[C@@H](O1)[C@H](O)[C@@H](O)[C@@H]3O)[C@H](O)[C@@H](O)[C@@H]2O)O[C@@H]1O[C@H](CO)[C@@H](O)[C@H](O)[C@H]1O. The molecule has 0 spiro atoms. The molecule has 5 saturated heterocycles. The summed E-state index contributed by atoms with van der Waals surface area (Å²) in [7, 11) is 0. The molecular formula is C76H140O28. The van der Waals surface area contributed by atoms with E-state index >= 15 is 0 Å². The van der Waals surface area contributed by atoms with Crippen molar-refractivity contribution >= 4 is 11.9 Å². The molecule has 16 N–H and O–H groups in total. The number of ether oxygens (including phenoxy) is 10. The highest BCUT2D eigenvalue weighted by Crippen LogP contribution is 2.33. The lowest BCUT2D eigenvalue weighted by Gasteiger charge is -2.42. The predicted octanol–water partition coefficient (Wildman–Crippen LogP) is 4.99. The molecule has 612 valence electrons. The highest BCUT2D eigenvalue weighted by Gasteiger charge is 2.50. The number of hydrogen-bond donors (Lipinski definition) is 16. The minimum absolute atomic E-state index is 0.229. The monoisotopic (exact) mass is 1500 g/mol. The number of unbranched alkanes of at least 4 members (excludes halogenated alkanes) is 28. The molecule has 104 heavy (non-hydrogen) atoms. The number of aliphatic hydroxyl groups is 16. The van der Waals surface area contributed by atoms with Crippen molar-refractivity contribution in [1.82, 2.24) is 0 Å². The molecule has 6 unspecified atom stereocenters. The predicted molar refractivity (Wildman–Crippen MR) is 380 cm³/mol. The van der Waals surface area contributed by atoms with E-state index in [0.29, 0.717) is 38.5 Å². The second kappa shape index (κ2) is 53.0. The van der Waals surface area contributed by atoms with E-state index in [1.54, 1.807) is 6.92 Å². The summed E-state index contributed by atoms with van der Waals surface area (Å²) in [6, 6.07) is 0. The Hall–Kier alpha value is -2.02. The van der Waals surface area contributed by atoms with Crippen LogP contribution in [0.4, 0.5) is 0 Å². The zero-order valence-electron chi connectivity index (χ0n) is 62.6. The van der Waals surface area contributed by atoms with Crippen molar-refractivity contribution in [3.8, 4) is 0 Å². The molecule has 0 amide bonds. The molecule has 5 aliphatic heterocycles. The average molecular weight is 1500 g/mol. The lowest BCUT2D eigenvalue weighted by Crippen LogP contribution is -2.60. The van der Waals surface area contributed by atoms with Crippen LogP contribution in [0.25, 0.3) is 0 Å². The first-order valence-electron chi connectivity index (χ1n) is 40.3. The molecule has 5 aliphatic rings. The molecular weight excluding hydrogens is 1360 g/mol. The van der Waals surface area contributed by atoms with Gasteiger partial charge in [-0.25, -0.2) is 0 Å². The fourth-order valence-electron chi connectivity index (χ4n) is 14.6. The largest absolute Gasteiger partial charge is 0.463 e. The summed E-state index contributed by atoms with van der Waals surface area (Å²) < 4.78 is 59.2. The average Bonchev–Trinajstić information content (AvgIpc) is 0.832. The van der Waals surface area contributed by atoms with Crippen molar-refractivity contribution in [2.45, 2.75) is 443 Å². The molecule has 0 saturated carbocycles. The summed E-state index contributed by atoms with van der Waals surface area (Å²) in [5.41, 5.74) is 0. The van der Waals surface area contributed by atoms with Gasteiger partial charge in [0.25, 0.3) is 0 Å². The number of hydrogen-bond acceptors (Lipinski definition) is 28. The Bertz CT molecular complexity index is 2170. The first-order chi connectivity index (χ1) is 50.0. The molecule has 0 aromatic heterocycles. The zero-order valence-corrected chi connectivity index (χ0v) is 62.6. The van der Waals surface area contributed by atoms with Crippen LogP contribution in [-0.2, 0) is 57.0 Å². The van der Waals surface area contributed by atoms with E-state index in [1.165, 1.54) is 0 Å². The van der Waals surface area contributed by atoms with Crippen LogP contribution in [0, 0.1) is 0 Å². The van der Waals surface area contributed by atoms with Gasteiger partial charge in [0.1, 0.15) is 111 Å². The van der Waals surface area contributed by atoms with Crippen LogP contribution in [-0.4, -0.2) is 280 Å². The lowest BCUT2D eigenvalue weighted by atomic mass is 9.98. The van der Waals surface area contributed by atoms with Crippen molar-refractivity contribution in [1.29, 1.82) is 0 Å². The van der Waals surface area contributed by atoms with E-state index < -0.39 is 173 Å². The third-order valence-corrected chi connectivity index (χ3v) is 21.3. The molecule has 26 atom stereocenters. The minimum Gasteiger partial charge on any atom is -0.463 e. The summed E-state index contributed by atoms with van der Waals surface area (Å²) in [5.74, 6) is -1.55. The Morgan fingerprint density at radius 1 is 0.317 bits per heavy atom. The van der Waals surface area contributed by atoms with Crippen molar-refractivity contribution in [3.63, 3.8) is 0 Å². The van der Waals surface area contributed by atoms with Gasteiger partial charge in [-0.2, -0.15) is 0 Å². The molecule has 28 heteroatoms. The molecule has 0 aliphatic carbocycles. The molecule has 0 aromatic carbocycles. The normalized spacial score (nSPS) is 33.9. The molecule has 5 heterocycles. The van der Waals surface area contributed by atoms with E-state index in [9.17, 15) is 91.3 Å². The Morgan fingerprint density at radius 2 is 0.577 bits per heavy atom. The maximum absolute atomic E-state index is 13.6. The van der Waals surface area contributed by atoms with Crippen LogP contribution in [0.1, 0.15) is 284 Å². The van der Waals surface area contributed by atoms with Crippen LogP contribution in [0.15, 0.2) is 0 Å². The van der Waals surface area contributed by atoms with Gasteiger partial charge in [-0.15, -0.1) is 0 Å². The molecule has 28 nitrogen and oxygen atoms in total. The maximum Gasteiger partial charge on any atom is 0.308 e. The van der Waals surface area contributed by atoms with Crippen LogP contribution in [0.5, 0.6) is 0 Å². The van der Waals surface area contributed by atoms with Gasteiger partial charge in [0, 0.05) is 0 Å². The number of esters is 2. The second-order valence-electron chi connectivity index (χ2n) is 30.6. The summed E-state index contributed by atoms with van der Waals surface area (Å²) in [4.78, 5) is 27.2. The summed E-state index contributed by atoms with van der Waals surface area (Å²) in [6.45, 7) is 1.43. The summed E-state index contributed by atoms with van der Waals surface area (Å²) in [5, 5.41) is 167. The summed E-state index contributed by atoms with van der Waals surface area (Å²) in [6.07, 6.45) is 2.38. The number of fused-ring (bicyclic) bond motifs is 4. The van der Waals surface area contributed by atoms with Crippen molar-refractivity contribution in [2.75, 3.05) is 26.4 Å². The van der Waals surface area contributed by atoms with Crippen LogP contribution in [0.3, 0.4) is 0 Å². The topological polar surface area (TPSA) is 450 Å². The van der Waals surface area contributed by atoms with Crippen molar-refractivity contribution < 1.29 is 139 Å². The first kappa shape index (κ1) is 92.6. The molecule has 4 bridgehead atoms. The fraction of sp³-hybridized carbons (Fsp3) is 0.974. The van der Waals surface area contributed by atoms with E-state index in [-0.39, 0.29) is 37.3 Å². The highest BCUT2D eigenvalue weighted by atomic mass is 16.7. The van der Waals surface area contributed by atoms with Crippen LogP contribution >= 0.6 is 0 Å². The highest BCUT2D eigenvalue weighted by molar-refractivity contribution is 5.70. The van der Waals surface area contributed by atoms with Gasteiger partial charge in [0.15, 0.2) is 25.2 Å². The van der Waals surface area contributed by atoms with Gasteiger partial charge in [0.05, 0.1) is 62.7 Å². The zero-order chi connectivity index (χ0) is 75.8. The Morgan fingerprint density at radius 3 is 0.856 bits per heavy atom. The molecule has 5 fully saturated rings. The number of cyclic esters (lactones) is 2. The molecule has 0 aromatic rings. The quantitative estimate of drug-likeness (QED) is 0.0282. The number of aliphatic hydroxyl groups excluding tert-OH is 16. The lowest BCUT2D eigenvalue weighted by molar-refractivity contribution is -0.316. The molecule has 0 radical (unpaired) electrons. The summed E-state index contributed by atoms with van der Waals surface area (Å²) >= 11 is 0. The van der Waals surface area contributed by atoms with Crippen molar-refractivity contribution in [3.05, 3.63) is 0 Å². The van der Waals surface area contributed by atoms with Crippen LogP contribution < -0.4 is 0 Å². The van der Waals surface area contributed by atoms with Gasteiger partial charge in [-0.05, 0) is 65.2 Å². The van der Waals surface area contributed by atoms with Gasteiger partial charge < -0.3 is 129 Å². The Balaban J connectivity index is 1.02. The third-order valence-electron chi connectivity index (χ3n) is 21.3. The van der Waals surface area contributed by atoms with E-state index in [0.717, 1.165) is 218 Å². The Kier molecular flexibility index (Phi) is 47.2. The standard InChI is InChI=1S/C76H140O28/c1-49(79)35-27-19-12-11-17-23-31-39-51(97-73-69(91)65(87)61(83)55(45-77)101-73)37-29-21-13-7-4-3-5-8-15-24-33-41-53-43-59(81)95-47-58-64(86)68(90)72(94)76(104-58)100-54(44-60(82)96-48-57-63(85)67(89)71(93)75(99-53)103-57)42-34-25-16-10-6-9-14-22-30-38-52(40-32-26-18-20-28-36-50(2)80)98-74-70(92)66(88)62(84)56(46-78)102-74/h49-58,61-80,83-94H,3-48H2,1-2H3/t49?,50?,51?,52?,53?,54?,55-,56-,57-,58-,61-,62-,63-,64-,65+,66+,67+,68+,69-,70-,71-,72-,73-,74-,75-,76-/m1/s1. The van der Waals surface area contributed by atoms with E-state index in [1.807, 2.05) is 6.92 Å². The fourth-order valence-corrected chi connectivity index (χ4v) is 14.6. The smallest absolute Gasteiger partial charge is 0.308 e. The van der Waals surface area contributed by atoms with Gasteiger partial charge in [0.2, 0.25) is 0 Å². The maximum atomic E-state index is 13.6. The molecule has 5 rings (SSSR count). The first-order valence-corrected chi connectivity index (χ1v) is 40.3. The Labute approximate surface area is 617 Å². The van der Waals surface area contributed by atoms with Gasteiger partial charge in [-0.1, -0.05) is 205 Å². The van der Waals surface area contributed by atoms with Gasteiger partial charge >= 0.3 is 11.9 Å². The number of rotatable bonds is 50. The third kappa shape index (κ3) is 34.7. The van der Waals surface area contributed by atoms with Crippen LogP contribution in [0.2, 0.25) is 0 Å². The van der Waals surface area contributed by atoms with E-state index in [2.05, 4.69) is 0 Å². The number of carbonyl (C=O) groups is 2. The van der Waals surface area contributed by atoms with Crippen molar-refractivity contribution in [2.24, 2.45) is 0 Å². The second-order valence-corrected chi connectivity index (χ2v) is 30.6.